The summed E-state index contributed by atoms with van der Waals surface area (Å²) in [4.78, 5) is 20.5. The average molecular weight is 326 g/mol. The molecular weight excluding hydrogens is 312 g/mol. The Balaban J connectivity index is 1.68. The maximum absolute atomic E-state index is 12.0. The van der Waals surface area contributed by atoms with E-state index in [0.717, 1.165) is 11.3 Å². The molecule has 0 atom stereocenters. The van der Waals surface area contributed by atoms with E-state index >= 15 is 0 Å². The summed E-state index contributed by atoms with van der Waals surface area (Å²) in [5, 5.41) is 7.43. The van der Waals surface area contributed by atoms with E-state index in [1.54, 1.807) is 19.2 Å². The number of nitrogens with one attached hydrogen (secondary N) is 1. The number of anilines is 1. The lowest BCUT2D eigenvalue weighted by Gasteiger charge is -2.06. The summed E-state index contributed by atoms with van der Waals surface area (Å²) < 4.78 is 5.00. The van der Waals surface area contributed by atoms with Gasteiger partial charge in [-0.3, -0.25) is 4.79 Å². The fraction of sp³-hybridized carbons (Fsp3) is 0.125. The summed E-state index contributed by atoms with van der Waals surface area (Å²) in [5.74, 6) is 1.11. The summed E-state index contributed by atoms with van der Waals surface area (Å²) in [6.07, 6.45) is 1.67. The molecule has 1 N–H and O–H groups in total. The van der Waals surface area contributed by atoms with Crippen molar-refractivity contribution in [3.05, 3.63) is 54.6 Å². The topological polar surface area (TPSA) is 80.9 Å². The molecule has 0 aliphatic rings. The van der Waals surface area contributed by atoms with Crippen LogP contribution in [-0.4, -0.2) is 26.8 Å². The third-order valence-electron chi connectivity index (χ3n) is 2.94. The second-order valence-corrected chi connectivity index (χ2v) is 5.66. The van der Waals surface area contributed by atoms with Crippen LogP contribution < -0.4 is 5.32 Å². The normalized spacial score (nSPS) is 10.5. The molecule has 0 spiro atoms. The number of hydrogen-bond donors (Lipinski definition) is 1. The van der Waals surface area contributed by atoms with E-state index in [0.29, 0.717) is 16.7 Å². The Morgan fingerprint density at radius 2 is 2.04 bits per heavy atom. The van der Waals surface area contributed by atoms with Crippen LogP contribution >= 0.6 is 11.8 Å². The Morgan fingerprint density at radius 3 is 2.78 bits per heavy atom. The van der Waals surface area contributed by atoms with Gasteiger partial charge in [0.05, 0.1) is 11.3 Å². The molecule has 0 aliphatic carbocycles. The van der Waals surface area contributed by atoms with Crippen LogP contribution in [0.4, 0.5) is 5.69 Å². The molecular formula is C16H14N4O2S. The van der Waals surface area contributed by atoms with Crippen molar-refractivity contribution in [3.63, 3.8) is 0 Å². The van der Waals surface area contributed by atoms with Crippen LogP contribution in [0.15, 0.2) is 58.2 Å². The van der Waals surface area contributed by atoms with Crippen molar-refractivity contribution < 1.29 is 9.32 Å². The van der Waals surface area contributed by atoms with Gasteiger partial charge in [0.1, 0.15) is 5.03 Å². The number of pyridine rings is 1. The van der Waals surface area contributed by atoms with E-state index in [-0.39, 0.29) is 11.7 Å². The fourth-order valence-electron chi connectivity index (χ4n) is 1.94. The van der Waals surface area contributed by atoms with Crippen molar-refractivity contribution in [2.75, 3.05) is 11.1 Å². The zero-order valence-electron chi connectivity index (χ0n) is 12.4. The zero-order valence-corrected chi connectivity index (χ0v) is 13.2. The van der Waals surface area contributed by atoms with Crippen LogP contribution in [0.5, 0.6) is 0 Å². The van der Waals surface area contributed by atoms with Crippen LogP contribution in [0.25, 0.3) is 11.4 Å². The van der Waals surface area contributed by atoms with Gasteiger partial charge >= 0.3 is 0 Å². The lowest BCUT2D eigenvalue weighted by atomic mass is 10.3. The first-order chi connectivity index (χ1) is 11.2. The fourth-order valence-corrected chi connectivity index (χ4v) is 2.73. The standard InChI is InChI=1S/C16H14N4O2S/c1-11-18-15(20-22-11)13-8-5-9-17-16(13)23-10-14(21)19-12-6-3-2-4-7-12/h2-9H,10H2,1H3,(H,19,21). The zero-order chi connectivity index (χ0) is 16.1. The lowest BCUT2D eigenvalue weighted by molar-refractivity contribution is -0.113. The summed E-state index contributed by atoms with van der Waals surface area (Å²) in [7, 11) is 0. The Morgan fingerprint density at radius 1 is 1.22 bits per heavy atom. The Hall–Kier alpha value is -2.67. The second-order valence-electron chi connectivity index (χ2n) is 4.70. The minimum absolute atomic E-state index is 0.0953. The molecule has 116 valence electrons. The van der Waals surface area contributed by atoms with Crippen molar-refractivity contribution in [1.82, 2.24) is 15.1 Å². The van der Waals surface area contributed by atoms with Gasteiger partial charge in [-0.25, -0.2) is 4.98 Å². The van der Waals surface area contributed by atoms with Gasteiger partial charge < -0.3 is 9.84 Å². The number of aromatic nitrogens is 3. The number of carbonyl (C=O) groups excluding carboxylic acids is 1. The number of rotatable bonds is 5. The highest BCUT2D eigenvalue weighted by Crippen LogP contribution is 2.27. The first-order valence-corrected chi connectivity index (χ1v) is 7.94. The number of aryl methyl sites for hydroxylation is 1. The van der Waals surface area contributed by atoms with Gasteiger partial charge in [-0.1, -0.05) is 35.1 Å². The second kappa shape index (κ2) is 7.06. The van der Waals surface area contributed by atoms with Crippen LogP contribution in [0.1, 0.15) is 5.89 Å². The van der Waals surface area contributed by atoms with E-state index in [9.17, 15) is 4.79 Å². The molecule has 1 amide bonds. The van der Waals surface area contributed by atoms with Gasteiger partial charge in [0.2, 0.25) is 17.6 Å². The van der Waals surface area contributed by atoms with Crippen molar-refractivity contribution in [2.45, 2.75) is 11.9 Å². The number of benzene rings is 1. The van der Waals surface area contributed by atoms with Crippen molar-refractivity contribution >= 4 is 23.4 Å². The van der Waals surface area contributed by atoms with Gasteiger partial charge in [0, 0.05) is 18.8 Å². The minimum atomic E-state index is -0.0953. The molecule has 7 heteroatoms. The Bertz CT molecular complexity index is 805. The van der Waals surface area contributed by atoms with Crippen molar-refractivity contribution in [1.29, 1.82) is 0 Å². The molecule has 2 aromatic heterocycles. The Labute approximate surface area is 137 Å². The molecule has 3 aromatic rings. The highest BCUT2D eigenvalue weighted by Gasteiger charge is 2.13. The molecule has 6 nitrogen and oxygen atoms in total. The third-order valence-corrected chi connectivity index (χ3v) is 3.94. The van der Waals surface area contributed by atoms with Gasteiger partial charge in [-0.2, -0.15) is 4.98 Å². The predicted octanol–water partition coefficient (Wildman–Crippen LogP) is 3.17. The number of para-hydroxylation sites is 1. The van der Waals surface area contributed by atoms with E-state index in [1.165, 1.54) is 11.8 Å². The highest BCUT2D eigenvalue weighted by atomic mass is 32.2. The van der Waals surface area contributed by atoms with E-state index in [1.807, 2.05) is 36.4 Å². The maximum Gasteiger partial charge on any atom is 0.234 e. The molecule has 0 unspecified atom stereocenters. The molecule has 2 heterocycles. The molecule has 0 saturated carbocycles. The summed E-state index contributed by atoms with van der Waals surface area (Å²) in [5.41, 5.74) is 1.52. The molecule has 1 aromatic carbocycles. The predicted molar refractivity (Wildman–Crippen MR) is 88.1 cm³/mol. The monoisotopic (exact) mass is 326 g/mol. The van der Waals surface area contributed by atoms with Gasteiger partial charge in [-0.05, 0) is 24.3 Å². The quantitative estimate of drug-likeness (QED) is 0.725. The molecule has 0 aliphatic heterocycles. The number of amides is 1. The number of nitrogens with zero attached hydrogens (tertiary/aromatic N) is 3. The number of hydrogen-bond acceptors (Lipinski definition) is 6. The number of carbonyl (C=O) groups is 1. The summed E-state index contributed by atoms with van der Waals surface area (Å²) >= 11 is 1.33. The third kappa shape index (κ3) is 3.95. The van der Waals surface area contributed by atoms with Crippen LogP contribution in [0.3, 0.4) is 0 Å². The largest absolute Gasteiger partial charge is 0.339 e. The molecule has 0 fully saturated rings. The van der Waals surface area contributed by atoms with Crippen molar-refractivity contribution in [2.24, 2.45) is 0 Å². The van der Waals surface area contributed by atoms with Gasteiger partial charge in [0.25, 0.3) is 0 Å². The first-order valence-electron chi connectivity index (χ1n) is 6.96. The van der Waals surface area contributed by atoms with E-state index < -0.39 is 0 Å². The van der Waals surface area contributed by atoms with Crippen LogP contribution in [0, 0.1) is 6.92 Å². The number of thioether (sulfide) groups is 1. The lowest BCUT2D eigenvalue weighted by Crippen LogP contribution is -2.14. The first kappa shape index (κ1) is 15.2. The average Bonchev–Trinajstić information content (AvgIpc) is 3.00. The highest BCUT2D eigenvalue weighted by molar-refractivity contribution is 8.00. The van der Waals surface area contributed by atoms with Crippen LogP contribution in [-0.2, 0) is 4.79 Å². The van der Waals surface area contributed by atoms with Crippen LogP contribution in [0.2, 0.25) is 0 Å². The smallest absolute Gasteiger partial charge is 0.234 e. The van der Waals surface area contributed by atoms with E-state index in [4.69, 9.17) is 4.52 Å². The molecule has 0 saturated heterocycles. The van der Waals surface area contributed by atoms with Gasteiger partial charge in [-0.15, -0.1) is 0 Å². The molecule has 0 bridgehead atoms. The van der Waals surface area contributed by atoms with E-state index in [2.05, 4.69) is 20.4 Å². The molecule has 23 heavy (non-hydrogen) atoms. The molecule has 3 rings (SSSR count). The summed E-state index contributed by atoms with van der Waals surface area (Å²) in [6, 6.07) is 13.0. The van der Waals surface area contributed by atoms with Gasteiger partial charge in [0.15, 0.2) is 0 Å². The maximum atomic E-state index is 12.0. The minimum Gasteiger partial charge on any atom is -0.339 e. The molecule has 0 radical (unpaired) electrons. The van der Waals surface area contributed by atoms with Crippen molar-refractivity contribution in [3.8, 4) is 11.4 Å². The Kier molecular flexibility index (Phi) is 4.68. The summed E-state index contributed by atoms with van der Waals surface area (Å²) in [6.45, 7) is 1.73. The SMILES string of the molecule is Cc1nc(-c2cccnc2SCC(=O)Nc2ccccc2)no1.